The van der Waals surface area contributed by atoms with Gasteiger partial charge in [-0.2, -0.15) is 0 Å². The Labute approximate surface area is 117 Å². The van der Waals surface area contributed by atoms with Crippen LogP contribution in [0.4, 0.5) is 0 Å². The van der Waals surface area contributed by atoms with E-state index in [4.69, 9.17) is 4.74 Å². The van der Waals surface area contributed by atoms with Gasteiger partial charge in [-0.25, -0.2) is 4.98 Å². The molecular formula is C14H17N3OS. The maximum absolute atomic E-state index is 5.02. The quantitative estimate of drug-likeness (QED) is 0.786. The van der Waals surface area contributed by atoms with Crippen molar-refractivity contribution in [2.75, 3.05) is 20.3 Å². The fraction of sp³-hybridized carbons (Fsp3) is 0.286. The standard InChI is InChI=1S/C14H17N3OS/c1-18-9-8-16-10-12-4-2-3-5-13(12)19-14-11-15-6-7-17-14/h2-7,11,16H,8-10H2,1H3. The highest BCUT2D eigenvalue weighted by Gasteiger charge is 2.04. The van der Waals surface area contributed by atoms with Gasteiger partial charge in [0.25, 0.3) is 0 Å². The van der Waals surface area contributed by atoms with E-state index in [0.717, 1.165) is 24.7 Å². The second-order valence-electron chi connectivity index (χ2n) is 3.92. The lowest BCUT2D eigenvalue weighted by molar-refractivity contribution is 0.199. The third-order valence-electron chi connectivity index (χ3n) is 2.53. The van der Waals surface area contributed by atoms with Gasteiger partial charge >= 0.3 is 0 Å². The first-order valence-corrected chi connectivity index (χ1v) is 6.93. The summed E-state index contributed by atoms with van der Waals surface area (Å²) in [6.45, 7) is 2.40. The van der Waals surface area contributed by atoms with Gasteiger partial charge in [-0.1, -0.05) is 30.0 Å². The molecular weight excluding hydrogens is 258 g/mol. The molecule has 0 unspecified atom stereocenters. The summed E-state index contributed by atoms with van der Waals surface area (Å²) in [5, 5.41) is 4.26. The third kappa shape index (κ3) is 4.63. The molecule has 4 nitrogen and oxygen atoms in total. The predicted molar refractivity (Wildman–Crippen MR) is 76.2 cm³/mol. The lowest BCUT2D eigenvalue weighted by atomic mass is 10.2. The number of nitrogens with one attached hydrogen (secondary N) is 1. The zero-order chi connectivity index (χ0) is 13.3. The maximum atomic E-state index is 5.02. The Morgan fingerprint density at radius 2 is 2.16 bits per heavy atom. The van der Waals surface area contributed by atoms with E-state index in [2.05, 4.69) is 27.4 Å². The van der Waals surface area contributed by atoms with Crippen LogP contribution in [0.5, 0.6) is 0 Å². The molecule has 19 heavy (non-hydrogen) atoms. The highest BCUT2D eigenvalue weighted by molar-refractivity contribution is 7.99. The number of methoxy groups -OCH3 is 1. The van der Waals surface area contributed by atoms with E-state index < -0.39 is 0 Å². The average Bonchev–Trinajstić information content (AvgIpc) is 2.46. The molecule has 0 saturated carbocycles. The van der Waals surface area contributed by atoms with Crippen LogP contribution in [0, 0.1) is 0 Å². The first kappa shape index (κ1) is 14.0. The highest BCUT2D eigenvalue weighted by atomic mass is 32.2. The van der Waals surface area contributed by atoms with Gasteiger partial charge in [-0.05, 0) is 11.6 Å². The molecule has 100 valence electrons. The number of benzene rings is 1. The Bertz CT molecular complexity index is 493. The molecule has 2 aromatic rings. The van der Waals surface area contributed by atoms with E-state index in [-0.39, 0.29) is 0 Å². The van der Waals surface area contributed by atoms with E-state index in [9.17, 15) is 0 Å². The van der Waals surface area contributed by atoms with E-state index in [0.29, 0.717) is 0 Å². The van der Waals surface area contributed by atoms with Crippen molar-refractivity contribution in [2.24, 2.45) is 0 Å². The van der Waals surface area contributed by atoms with Crippen molar-refractivity contribution in [1.82, 2.24) is 15.3 Å². The van der Waals surface area contributed by atoms with Gasteiger partial charge in [0.05, 0.1) is 12.8 Å². The molecule has 0 aliphatic rings. The van der Waals surface area contributed by atoms with Crippen molar-refractivity contribution in [3.05, 3.63) is 48.4 Å². The van der Waals surface area contributed by atoms with Crippen molar-refractivity contribution in [3.8, 4) is 0 Å². The normalized spacial score (nSPS) is 10.6. The summed E-state index contributed by atoms with van der Waals surface area (Å²) >= 11 is 1.63. The summed E-state index contributed by atoms with van der Waals surface area (Å²) in [5.74, 6) is 0. The predicted octanol–water partition coefficient (Wildman–Crippen LogP) is 2.36. The van der Waals surface area contributed by atoms with Crippen molar-refractivity contribution in [1.29, 1.82) is 0 Å². The number of aromatic nitrogens is 2. The fourth-order valence-electron chi connectivity index (χ4n) is 1.60. The molecule has 1 aromatic heterocycles. The minimum absolute atomic E-state index is 0.722. The molecule has 5 heteroatoms. The molecule has 0 radical (unpaired) electrons. The van der Waals surface area contributed by atoms with Crippen molar-refractivity contribution in [2.45, 2.75) is 16.5 Å². The number of rotatable bonds is 7. The van der Waals surface area contributed by atoms with Crippen LogP contribution in [0.15, 0.2) is 52.8 Å². The zero-order valence-corrected chi connectivity index (χ0v) is 11.7. The molecule has 0 amide bonds. The summed E-state index contributed by atoms with van der Waals surface area (Å²) < 4.78 is 5.02. The number of ether oxygens (including phenoxy) is 1. The summed E-state index contributed by atoms with van der Waals surface area (Å²) in [4.78, 5) is 9.57. The zero-order valence-electron chi connectivity index (χ0n) is 10.9. The second-order valence-corrected chi connectivity index (χ2v) is 4.99. The largest absolute Gasteiger partial charge is 0.383 e. The minimum atomic E-state index is 0.722. The van der Waals surface area contributed by atoms with E-state index in [1.54, 1.807) is 37.5 Å². The topological polar surface area (TPSA) is 47.0 Å². The van der Waals surface area contributed by atoms with Gasteiger partial charge in [-0.3, -0.25) is 4.98 Å². The van der Waals surface area contributed by atoms with Gasteiger partial charge in [0.15, 0.2) is 0 Å². The Hall–Kier alpha value is -1.43. The van der Waals surface area contributed by atoms with Gasteiger partial charge in [0, 0.05) is 37.5 Å². The van der Waals surface area contributed by atoms with Crippen LogP contribution in [0.1, 0.15) is 5.56 Å². The molecule has 1 heterocycles. The van der Waals surface area contributed by atoms with Crippen LogP contribution in [-0.4, -0.2) is 30.2 Å². The van der Waals surface area contributed by atoms with Gasteiger partial charge in [0.1, 0.15) is 5.03 Å². The lowest BCUT2D eigenvalue weighted by Crippen LogP contribution is -2.18. The average molecular weight is 275 g/mol. The number of nitrogens with zero attached hydrogens (tertiary/aromatic N) is 2. The third-order valence-corrected chi connectivity index (χ3v) is 3.56. The van der Waals surface area contributed by atoms with Crippen LogP contribution >= 0.6 is 11.8 Å². The Balaban J connectivity index is 2.00. The monoisotopic (exact) mass is 275 g/mol. The Kier molecular flexibility index (Phi) is 5.81. The molecule has 0 saturated heterocycles. The lowest BCUT2D eigenvalue weighted by Gasteiger charge is -2.09. The molecule has 1 aromatic carbocycles. The van der Waals surface area contributed by atoms with E-state index >= 15 is 0 Å². The first-order chi connectivity index (χ1) is 9.40. The van der Waals surface area contributed by atoms with Gasteiger partial charge in [0.2, 0.25) is 0 Å². The molecule has 0 aliphatic carbocycles. The molecule has 2 rings (SSSR count). The number of hydrogen-bond acceptors (Lipinski definition) is 5. The molecule has 0 fully saturated rings. The first-order valence-electron chi connectivity index (χ1n) is 6.11. The molecule has 0 spiro atoms. The minimum Gasteiger partial charge on any atom is -0.383 e. The Morgan fingerprint density at radius 3 is 2.95 bits per heavy atom. The molecule has 0 aliphatic heterocycles. The van der Waals surface area contributed by atoms with Crippen molar-refractivity contribution in [3.63, 3.8) is 0 Å². The second kappa shape index (κ2) is 7.89. The van der Waals surface area contributed by atoms with Gasteiger partial charge in [-0.15, -0.1) is 0 Å². The van der Waals surface area contributed by atoms with Crippen LogP contribution in [0.2, 0.25) is 0 Å². The molecule has 1 N–H and O–H groups in total. The van der Waals surface area contributed by atoms with Crippen molar-refractivity contribution < 1.29 is 4.74 Å². The number of hydrogen-bond donors (Lipinski definition) is 1. The van der Waals surface area contributed by atoms with Crippen molar-refractivity contribution >= 4 is 11.8 Å². The highest BCUT2D eigenvalue weighted by Crippen LogP contribution is 2.28. The fourth-order valence-corrected chi connectivity index (χ4v) is 2.47. The molecule has 0 atom stereocenters. The van der Waals surface area contributed by atoms with Crippen LogP contribution in [0.3, 0.4) is 0 Å². The van der Waals surface area contributed by atoms with Crippen LogP contribution in [0.25, 0.3) is 0 Å². The van der Waals surface area contributed by atoms with E-state index in [1.165, 1.54) is 10.5 Å². The maximum Gasteiger partial charge on any atom is 0.119 e. The van der Waals surface area contributed by atoms with Crippen LogP contribution < -0.4 is 5.32 Å². The van der Waals surface area contributed by atoms with Crippen LogP contribution in [-0.2, 0) is 11.3 Å². The molecule has 0 bridgehead atoms. The summed E-state index contributed by atoms with van der Waals surface area (Å²) in [6.07, 6.45) is 5.17. The van der Waals surface area contributed by atoms with Gasteiger partial charge < -0.3 is 10.1 Å². The summed E-state index contributed by atoms with van der Waals surface area (Å²) in [6, 6.07) is 8.32. The SMILES string of the molecule is COCCNCc1ccccc1Sc1cnccn1. The summed E-state index contributed by atoms with van der Waals surface area (Å²) in [7, 11) is 1.71. The summed E-state index contributed by atoms with van der Waals surface area (Å²) in [5.41, 5.74) is 1.26. The van der Waals surface area contributed by atoms with E-state index in [1.807, 2.05) is 12.1 Å². The smallest absolute Gasteiger partial charge is 0.119 e. The Morgan fingerprint density at radius 1 is 1.26 bits per heavy atom.